The van der Waals surface area contributed by atoms with E-state index in [1.54, 1.807) is 0 Å². The number of benzene rings is 2. The maximum absolute atomic E-state index is 12.2. The molecule has 106 valence electrons. The second-order valence-electron chi connectivity index (χ2n) is 4.52. The second kappa shape index (κ2) is 7.22. The molecule has 0 radical (unpaired) electrons. The van der Waals surface area contributed by atoms with Crippen LogP contribution in [0, 0.1) is 6.92 Å². The minimum atomic E-state index is -1.03. The van der Waals surface area contributed by atoms with Gasteiger partial charge in [-0.2, -0.15) is 0 Å². The van der Waals surface area contributed by atoms with E-state index in [9.17, 15) is 4.21 Å². The third-order valence-electron chi connectivity index (χ3n) is 3.01. The van der Waals surface area contributed by atoms with Crippen molar-refractivity contribution in [2.24, 2.45) is 5.73 Å². The number of nitrogens with two attached hydrogens (primary N) is 1. The van der Waals surface area contributed by atoms with Crippen molar-refractivity contribution in [3.05, 3.63) is 59.7 Å². The van der Waals surface area contributed by atoms with Crippen molar-refractivity contribution in [2.45, 2.75) is 18.4 Å². The standard InChI is InChI=1S/C16H19NO2S/c1-13-5-2-3-8-16(13)20(18)10-9-19-15-7-4-6-14(11-15)12-17/h2-8,11H,9-10,12,17H2,1H3. The Morgan fingerprint density at radius 3 is 2.70 bits per heavy atom. The Hall–Kier alpha value is -1.65. The third-order valence-corrected chi connectivity index (χ3v) is 4.50. The molecule has 0 saturated heterocycles. The van der Waals surface area contributed by atoms with E-state index in [4.69, 9.17) is 10.5 Å². The summed E-state index contributed by atoms with van der Waals surface area (Å²) in [5, 5.41) is 0. The van der Waals surface area contributed by atoms with E-state index < -0.39 is 10.8 Å². The Morgan fingerprint density at radius 2 is 1.95 bits per heavy atom. The molecule has 2 rings (SSSR count). The van der Waals surface area contributed by atoms with Crippen LogP contribution in [-0.4, -0.2) is 16.6 Å². The van der Waals surface area contributed by atoms with Crippen LogP contribution in [-0.2, 0) is 17.3 Å². The molecule has 2 N–H and O–H groups in total. The fraction of sp³-hybridized carbons (Fsp3) is 0.250. The second-order valence-corrected chi connectivity index (χ2v) is 6.05. The summed E-state index contributed by atoms with van der Waals surface area (Å²) in [4.78, 5) is 0.881. The molecule has 20 heavy (non-hydrogen) atoms. The Labute approximate surface area is 122 Å². The van der Waals surface area contributed by atoms with Crippen molar-refractivity contribution in [2.75, 3.05) is 12.4 Å². The summed E-state index contributed by atoms with van der Waals surface area (Å²) >= 11 is 0. The van der Waals surface area contributed by atoms with E-state index in [1.807, 2.05) is 55.5 Å². The van der Waals surface area contributed by atoms with Crippen molar-refractivity contribution in [1.82, 2.24) is 0 Å². The molecule has 0 saturated carbocycles. The molecular weight excluding hydrogens is 270 g/mol. The Bertz CT molecular complexity index is 599. The van der Waals surface area contributed by atoms with Gasteiger partial charge in [-0.3, -0.25) is 4.21 Å². The van der Waals surface area contributed by atoms with Gasteiger partial charge in [0.2, 0.25) is 0 Å². The number of hydrogen-bond acceptors (Lipinski definition) is 3. The summed E-state index contributed by atoms with van der Waals surface area (Å²) < 4.78 is 17.8. The minimum absolute atomic E-state index is 0.426. The molecule has 2 aromatic carbocycles. The van der Waals surface area contributed by atoms with Crippen molar-refractivity contribution in [1.29, 1.82) is 0 Å². The van der Waals surface area contributed by atoms with Gasteiger partial charge in [0.05, 0.1) is 16.6 Å². The van der Waals surface area contributed by atoms with Crippen LogP contribution >= 0.6 is 0 Å². The van der Waals surface area contributed by atoms with Gasteiger partial charge in [0.1, 0.15) is 12.4 Å². The Kier molecular flexibility index (Phi) is 5.32. The van der Waals surface area contributed by atoms with Gasteiger partial charge in [-0.1, -0.05) is 30.3 Å². The highest BCUT2D eigenvalue weighted by Crippen LogP contribution is 2.15. The smallest absolute Gasteiger partial charge is 0.119 e. The maximum atomic E-state index is 12.2. The van der Waals surface area contributed by atoms with Crippen LogP contribution in [0.5, 0.6) is 5.75 Å². The molecule has 4 heteroatoms. The molecule has 0 bridgehead atoms. The van der Waals surface area contributed by atoms with Crippen LogP contribution in [0.3, 0.4) is 0 Å². The summed E-state index contributed by atoms with van der Waals surface area (Å²) in [6.07, 6.45) is 0. The van der Waals surface area contributed by atoms with E-state index in [-0.39, 0.29) is 0 Å². The predicted molar refractivity (Wildman–Crippen MR) is 82.3 cm³/mol. The molecule has 2 aromatic rings. The summed E-state index contributed by atoms with van der Waals surface area (Å²) in [6.45, 7) is 2.89. The SMILES string of the molecule is Cc1ccccc1S(=O)CCOc1cccc(CN)c1. The molecule has 0 spiro atoms. The minimum Gasteiger partial charge on any atom is -0.493 e. The molecule has 1 unspecified atom stereocenters. The van der Waals surface area contributed by atoms with Crippen LogP contribution in [0.25, 0.3) is 0 Å². The zero-order valence-electron chi connectivity index (χ0n) is 11.5. The normalized spacial score (nSPS) is 12.1. The van der Waals surface area contributed by atoms with Crippen LogP contribution in [0.2, 0.25) is 0 Å². The van der Waals surface area contributed by atoms with Gasteiger partial charge in [-0.15, -0.1) is 0 Å². The van der Waals surface area contributed by atoms with E-state index >= 15 is 0 Å². The van der Waals surface area contributed by atoms with E-state index in [0.717, 1.165) is 21.8 Å². The number of hydrogen-bond donors (Lipinski definition) is 1. The third kappa shape index (κ3) is 3.92. The highest BCUT2D eigenvalue weighted by atomic mass is 32.2. The largest absolute Gasteiger partial charge is 0.493 e. The van der Waals surface area contributed by atoms with Crippen LogP contribution in [0.15, 0.2) is 53.4 Å². The predicted octanol–water partition coefficient (Wildman–Crippen LogP) is 2.64. The first kappa shape index (κ1) is 14.8. The average Bonchev–Trinajstić information content (AvgIpc) is 2.48. The molecule has 1 atom stereocenters. The fourth-order valence-electron chi connectivity index (χ4n) is 1.92. The first-order valence-electron chi connectivity index (χ1n) is 6.56. The average molecular weight is 289 g/mol. The highest BCUT2D eigenvalue weighted by Gasteiger charge is 2.06. The maximum Gasteiger partial charge on any atom is 0.119 e. The number of ether oxygens (including phenoxy) is 1. The van der Waals surface area contributed by atoms with Crippen molar-refractivity contribution >= 4 is 10.8 Å². The number of aryl methyl sites for hydroxylation is 1. The van der Waals surface area contributed by atoms with Crippen LogP contribution in [0.1, 0.15) is 11.1 Å². The van der Waals surface area contributed by atoms with Gasteiger partial charge < -0.3 is 10.5 Å². The topological polar surface area (TPSA) is 52.3 Å². The van der Waals surface area contributed by atoms with E-state index in [2.05, 4.69) is 0 Å². The first-order valence-corrected chi connectivity index (χ1v) is 7.88. The summed E-state index contributed by atoms with van der Waals surface area (Å²) in [5.41, 5.74) is 7.67. The Morgan fingerprint density at radius 1 is 1.15 bits per heavy atom. The quantitative estimate of drug-likeness (QED) is 0.889. The zero-order valence-corrected chi connectivity index (χ0v) is 12.4. The van der Waals surface area contributed by atoms with Gasteiger partial charge in [0, 0.05) is 11.4 Å². The van der Waals surface area contributed by atoms with Gasteiger partial charge in [0.25, 0.3) is 0 Å². The molecule has 3 nitrogen and oxygen atoms in total. The molecule has 0 amide bonds. The highest BCUT2D eigenvalue weighted by molar-refractivity contribution is 7.85. The monoisotopic (exact) mass is 289 g/mol. The first-order chi connectivity index (χ1) is 9.70. The molecule has 0 heterocycles. The molecule has 0 fully saturated rings. The zero-order chi connectivity index (χ0) is 14.4. The van der Waals surface area contributed by atoms with Crippen molar-refractivity contribution in [3.8, 4) is 5.75 Å². The summed E-state index contributed by atoms with van der Waals surface area (Å²) in [5.74, 6) is 1.26. The lowest BCUT2D eigenvalue weighted by Gasteiger charge is -2.08. The van der Waals surface area contributed by atoms with Crippen molar-refractivity contribution < 1.29 is 8.95 Å². The summed E-state index contributed by atoms with van der Waals surface area (Å²) in [7, 11) is -1.03. The molecule has 0 aliphatic carbocycles. The van der Waals surface area contributed by atoms with Crippen molar-refractivity contribution in [3.63, 3.8) is 0 Å². The van der Waals surface area contributed by atoms with Gasteiger partial charge >= 0.3 is 0 Å². The van der Waals surface area contributed by atoms with E-state index in [0.29, 0.717) is 18.9 Å². The van der Waals surface area contributed by atoms with E-state index in [1.165, 1.54) is 0 Å². The molecular formula is C16H19NO2S. The lowest BCUT2D eigenvalue weighted by atomic mass is 10.2. The lowest BCUT2D eigenvalue weighted by Crippen LogP contribution is -2.09. The summed E-state index contributed by atoms with van der Waals surface area (Å²) in [6, 6.07) is 15.4. The molecule has 0 aromatic heterocycles. The van der Waals surface area contributed by atoms with Gasteiger partial charge in [-0.05, 0) is 36.2 Å². The van der Waals surface area contributed by atoms with Crippen LogP contribution < -0.4 is 10.5 Å². The lowest BCUT2D eigenvalue weighted by molar-refractivity contribution is 0.342. The van der Waals surface area contributed by atoms with Crippen LogP contribution in [0.4, 0.5) is 0 Å². The van der Waals surface area contributed by atoms with Gasteiger partial charge in [0.15, 0.2) is 0 Å². The molecule has 0 aliphatic heterocycles. The molecule has 0 aliphatic rings. The Balaban J connectivity index is 1.89. The van der Waals surface area contributed by atoms with Gasteiger partial charge in [-0.25, -0.2) is 0 Å². The fourth-order valence-corrected chi connectivity index (χ4v) is 3.03. The number of rotatable bonds is 6.